The lowest BCUT2D eigenvalue weighted by Crippen LogP contribution is -2.55. The van der Waals surface area contributed by atoms with E-state index >= 15 is 0 Å². The maximum Gasteiger partial charge on any atom is 0.241 e. The number of hydrogen-bond acceptors (Lipinski definition) is 4. The number of carbonyl (C=O) groups excluding carboxylic acids is 2. The van der Waals surface area contributed by atoms with Gasteiger partial charge in [0.1, 0.15) is 0 Å². The van der Waals surface area contributed by atoms with Crippen molar-refractivity contribution in [3.05, 3.63) is 54.6 Å². The first-order chi connectivity index (χ1) is 16.4. The van der Waals surface area contributed by atoms with E-state index < -0.39 is 0 Å². The van der Waals surface area contributed by atoms with Crippen LogP contribution in [-0.2, 0) is 9.59 Å². The topological polar surface area (TPSA) is 55.9 Å². The Bertz CT molecular complexity index is 961. The lowest BCUT2D eigenvalue weighted by Gasteiger charge is -2.39. The van der Waals surface area contributed by atoms with Gasteiger partial charge in [-0.3, -0.25) is 19.4 Å². The smallest absolute Gasteiger partial charge is 0.241 e. The highest BCUT2D eigenvalue weighted by Crippen LogP contribution is 2.28. The van der Waals surface area contributed by atoms with Crippen molar-refractivity contribution in [3.63, 3.8) is 0 Å². The van der Waals surface area contributed by atoms with E-state index in [-0.39, 0.29) is 17.9 Å². The molecule has 3 atom stereocenters. The van der Waals surface area contributed by atoms with Crippen molar-refractivity contribution < 1.29 is 9.59 Å². The molecule has 0 aliphatic carbocycles. The lowest BCUT2D eigenvalue weighted by atomic mass is 9.92. The number of amides is 2. The van der Waals surface area contributed by atoms with Crippen LogP contribution < -0.4 is 5.32 Å². The zero-order valence-electron chi connectivity index (χ0n) is 20.7. The molecular weight excluding hydrogens is 424 g/mol. The fourth-order valence-corrected chi connectivity index (χ4v) is 5.33. The van der Waals surface area contributed by atoms with Gasteiger partial charge < -0.3 is 10.2 Å². The summed E-state index contributed by atoms with van der Waals surface area (Å²) in [6.07, 6.45) is 1.21. The van der Waals surface area contributed by atoms with E-state index in [9.17, 15) is 9.59 Å². The predicted molar refractivity (Wildman–Crippen MR) is 138 cm³/mol. The molecule has 34 heavy (non-hydrogen) atoms. The average Bonchev–Trinajstić information content (AvgIpc) is 2.84. The summed E-state index contributed by atoms with van der Waals surface area (Å²) >= 11 is 0. The molecule has 2 heterocycles. The van der Waals surface area contributed by atoms with Gasteiger partial charge in [-0.1, -0.05) is 62.4 Å². The summed E-state index contributed by atoms with van der Waals surface area (Å²) in [6.45, 7) is 11.9. The molecule has 1 N–H and O–H groups in total. The number of hydrogen-bond donors (Lipinski definition) is 1. The highest BCUT2D eigenvalue weighted by Gasteiger charge is 2.29. The van der Waals surface area contributed by atoms with Crippen LogP contribution >= 0.6 is 0 Å². The highest BCUT2D eigenvalue weighted by molar-refractivity contribution is 5.98. The van der Waals surface area contributed by atoms with Crippen LogP contribution in [0.4, 0.5) is 5.69 Å². The Morgan fingerprint density at radius 1 is 0.912 bits per heavy atom. The van der Waals surface area contributed by atoms with E-state index in [0.29, 0.717) is 18.4 Å². The number of anilines is 1. The first kappa shape index (κ1) is 24.4. The Labute approximate surface area is 203 Å². The van der Waals surface area contributed by atoms with Gasteiger partial charge in [0, 0.05) is 50.5 Å². The van der Waals surface area contributed by atoms with Crippen LogP contribution in [-0.4, -0.2) is 78.4 Å². The van der Waals surface area contributed by atoms with Crippen molar-refractivity contribution in [3.8, 4) is 11.1 Å². The third-order valence-electron chi connectivity index (χ3n) is 7.18. The maximum atomic E-state index is 13.1. The van der Waals surface area contributed by atoms with Crippen LogP contribution in [0.15, 0.2) is 54.6 Å². The normalized spacial score (nSPS) is 22.9. The fraction of sp³-hybridized carbons (Fsp3) is 0.500. The summed E-state index contributed by atoms with van der Waals surface area (Å²) in [6, 6.07) is 17.8. The average molecular weight is 463 g/mol. The monoisotopic (exact) mass is 462 g/mol. The summed E-state index contributed by atoms with van der Waals surface area (Å²) in [5, 5.41) is 3.15. The number of nitrogens with zero attached hydrogens (tertiary/aromatic N) is 3. The van der Waals surface area contributed by atoms with Gasteiger partial charge in [0.25, 0.3) is 0 Å². The number of carbonyl (C=O) groups is 2. The molecule has 4 rings (SSSR count). The molecule has 2 aliphatic rings. The molecule has 0 aromatic heterocycles. The molecule has 182 valence electrons. The third-order valence-corrected chi connectivity index (χ3v) is 7.18. The van der Waals surface area contributed by atoms with Gasteiger partial charge in [-0.25, -0.2) is 0 Å². The van der Waals surface area contributed by atoms with Crippen molar-refractivity contribution in [1.82, 2.24) is 14.7 Å². The Morgan fingerprint density at radius 3 is 2.21 bits per heavy atom. The molecular formula is C28H38N4O2. The quantitative estimate of drug-likeness (QED) is 0.710. The van der Waals surface area contributed by atoms with Crippen molar-refractivity contribution in [1.29, 1.82) is 0 Å². The maximum absolute atomic E-state index is 13.1. The van der Waals surface area contributed by atoms with Gasteiger partial charge in [0.05, 0.1) is 12.6 Å². The van der Waals surface area contributed by atoms with Gasteiger partial charge >= 0.3 is 0 Å². The predicted octanol–water partition coefficient (Wildman–Crippen LogP) is 3.80. The Hall–Kier alpha value is -2.70. The number of nitrogens with one attached hydrogen (secondary N) is 1. The molecule has 2 aromatic carbocycles. The van der Waals surface area contributed by atoms with Gasteiger partial charge in [-0.05, 0) is 36.8 Å². The van der Waals surface area contributed by atoms with Crippen LogP contribution in [0.2, 0.25) is 0 Å². The minimum atomic E-state index is -0.231. The number of rotatable bonds is 6. The molecule has 6 nitrogen and oxygen atoms in total. The minimum Gasteiger partial charge on any atom is -0.341 e. The van der Waals surface area contributed by atoms with Gasteiger partial charge in [-0.2, -0.15) is 0 Å². The van der Waals surface area contributed by atoms with E-state index in [2.05, 4.69) is 41.1 Å². The SMILES string of the molecule is C[C@@H]1C[C@@H](C)CN(C(=O)CN2CCN([C@H](C)C(=O)Nc3ccccc3-c3ccccc3)CC2)C1. The van der Waals surface area contributed by atoms with E-state index in [0.717, 1.165) is 56.1 Å². The first-order valence-electron chi connectivity index (χ1n) is 12.6. The fourth-order valence-electron chi connectivity index (χ4n) is 5.33. The summed E-state index contributed by atoms with van der Waals surface area (Å²) < 4.78 is 0. The Balaban J connectivity index is 1.29. The van der Waals surface area contributed by atoms with Crippen LogP contribution in [0.25, 0.3) is 11.1 Å². The minimum absolute atomic E-state index is 0.00389. The van der Waals surface area contributed by atoms with Gasteiger partial charge in [0.15, 0.2) is 0 Å². The second kappa shape index (κ2) is 11.2. The molecule has 0 bridgehead atoms. The van der Waals surface area contributed by atoms with Gasteiger partial charge in [-0.15, -0.1) is 0 Å². The van der Waals surface area contributed by atoms with Crippen LogP contribution in [0.3, 0.4) is 0 Å². The highest BCUT2D eigenvalue weighted by atomic mass is 16.2. The second-order valence-corrected chi connectivity index (χ2v) is 10.1. The molecule has 2 saturated heterocycles. The summed E-state index contributed by atoms with van der Waals surface area (Å²) in [7, 11) is 0. The molecule has 0 spiro atoms. The number of piperazine rings is 1. The van der Waals surface area contributed by atoms with Crippen LogP contribution in [0, 0.1) is 11.8 Å². The van der Waals surface area contributed by atoms with Gasteiger partial charge in [0.2, 0.25) is 11.8 Å². The van der Waals surface area contributed by atoms with Crippen molar-refractivity contribution >= 4 is 17.5 Å². The Morgan fingerprint density at radius 2 is 1.53 bits per heavy atom. The van der Waals surface area contributed by atoms with E-state index in [4.69, 9.17) is 0 Å². The van der Waals surface area contributed by atoms with Crippen molar-refractivity contribution in [2.75, 3.05) is 51.1 Å². The summed E-state index contributed by atoms with van der Waals surface area (Å²) in [5.41, 5.74) is 2.94. The van der Waals surface area contributed by atoms with E-state index in [1.807, 2.05) is 54.3 Å². The van der Waals surface area contributed by atoms with Crippen LogP contribution in [0.1, 0.15) is 27.2 Å². The number of benzene rings is 2. The molecule has 2 aliphatic heterocycles. The van der Waals surface area contributed by atoms with Crippen molar-refractivity contribution in [2.24, 2.45) is 11.8 Å². The second-order valence-electron chi connectivity index (χ2n) is 10.1. The molecule has 6 heteroatoms. The third kappa shape index (κ3) is 6.05. The molecule has 2 amide bonds. The van der Waals surface area contributed by atoms with Crippen molar-refractivity contribution in [2.45, 2.75) is 33.2 Å². The number of piperidine rings is 1. The largest absolute Gasteiger partial charge is 0.341 e. The molecule has 0 unspecified atom stereocenters. The van der Waals surface area contributed by atoms with E-state index in [1.54, 1.807) is 0 Å². The Kier molecular flexibility index (Phi) is 8.01. The summed E-state index contributed by atoms with van der Waals surface area (Å²) in [4.78, 5) is 32.4. The lowest BCUT2D eigenvalue weighted by molar-refractivity contribution is -0.136. The molecule has 0 saturated carbocycles. The molecule has 2 fully saturated rings. The summed E-state index contributed by atoms with van der Waals surface area (Å²) in [5.74, 6) is 1.41. The molecule has 2 aromatic rings. The number of para-hydroxylation sites is 1. The zero-order valence-corrected chi connectivity index (χ0v) is 20.7. The van der Waals surface area contributed by atoms with Crippen LogP contribution in [0.5, 0.6) is 0 Å². The number of likely N-dealkylation sites (tertiary alicyclic amines) is 1. The zero-order chi connectivity index (χ0) is 24.1. The standard InChI is InChI=1S/C28H38N4O2/c1-21-17-22(2)19-32(18-21)27(33)20-30-13-15-31(16-14-30)23(3)28(34)29-26-12-8-7-11-25(26)24-9-5-4-6-10-24/h4-12,21-23H,13-20H2,1-3H3,(H,29,34)/t21-,22-,23-/m1/s1. The first-order valence-corrected chi connectivity index (χ1v) is 12.6. The molecule has 0 radical (unpaired) electrons. The van der Waals surface area contributed by atoms with E-state index in [1.165, 1.54) is 6.42 Å².